The Morgan fingerprint density at radius 1 is 1.00 bits per heavy atom. The first-order chi connectivity index (χ1) is 11.6. The Morgan fingerprint density at radius 3 is 1.92 bits per heavy atom. The second-order valence-corrected chi connectivity index (χ2v) is 8.96. The van der Waals surface area contributed by atoms with Crippen LogP contribution in [0.15, 0.2) is 58.3 Å². The van der Waals surface area contributed by atoms with Gasteiger partial charge in [0.05, 0.1) is 16.0 Å². The van der Waals surface area contributed by atoms with Gasteiger partial charge in [0.25, 0.3) is 0 Å². The Bertz CT molecular complexity index is 854. The van der Waals surface area contributed by atoms with Gasteiger partial charge in [-0.3, -0.25) is 4.57 Å². The average molecular weight is 386 g/mol. The molecule has 0 amide bonds. The summed E-state index contributed by atoms with van der Waals surface area (Å²) in [6.45, 7) is 1.71. The Hall–Kier alpha value is -1.70. The topological polar surface area (TPSA) is 110 Å². The maximum atomic E-state index is 12.6. The van der Waals surface area contributed by atoms with E-state index in [-0.39, 0.29) is 9.79 Å². The normalized spacial score (nSPS) is 13.4. The van der Waals surface area contributed by atoms with E-state index in [1.54, 1.807) is 6.92 Å². The van der Waals surface area contributed by atoms with Crippen LogP contribution in [0, 0.1) is 0 Å². The molecule has 2 N–H and O–H groups in total. The summed E-state index contributed by atoms with van der Waals surface area (Å²) in [4.78, 5) is 18.0. The van der Waals surface area contributed by atoms with Crippen molar-refractivity contribution < 1.29 is 32.2 Å². The molecule has 1 unspecified atom stereocenters. The van der Waals surface area contributed by atoms with Gasteiger partial charge in [-0.15, -0.1) is 0 Å². The molecular weight excluding hydrogens is 367 g/mol. The zero-order chi connectivity index (χ0) is 18.7. The maximum Gasteiger partial charge on any atom is 0.329 e. The minimum atomic E-state index is -4.20. The smallest absolute Gasteiger partial charge is 0.329 e. The quantitative estimate of drug-likeness (QED) is 0.556. The number of benzene rings is 2. The number of hydrogen-bond donors (Lipinski definition) is 2. The van der Waals surface area contributed by atoms with Crippen molar-refractivity contribution in [2.45, 2.75) is 29.2 Å². The van der Waals surface area contributed by atoms with Crippen LogP contribution < -0.4 is 4.74 Å². The van der Waals surface area contributed by atoms with Gasteiger partial charge < -0.3 is 19.3 Å². The lowest BCUT2D eigenvalue weighted by Gasteiger charge is -2.13. The Morgan fingerprint density at radius 2 is 1.48 bits per heavy atom. The zero-order valence-corrected chi connectivity index (χ0v) is 15.4. The van der Waals surface area contributed by atoms with Gasteiger partial charge in [-0.1, -0.05) is 12.1 Å². The predicted molar refractivity (Wildman–Crippen MR) is 91.2 cm³/mol. The van der Waals surface area contributed by atoms with Crippen LogP contribution in [0.2, 0.25) is 0 Å². The molecule has 0 fully saturated rings. The molecule has 0 aliphatic rings. The molecule has 136 valence electrons. The van der Waals surface area contributed by atoms with E-state index < -0.39 is 29.9 Å². The van der Waals surface area contributed by atoms with Crippen LogP contribution in [0.3, 0.4) is 0 Å². The average Bonchev–Trinajstić information content (AvgIpc) is 2.54. The van der Waals surface area contributed by atoms with E-state index in [1.165, 1.54) is 55.6 Å². The lowest BCUT2D eigenvalue weighted by Crippen LogP contribution is -2.13. The standard InChI is InChI=1S/C16H19O7PS/c1-12(22-2)23-14-5-9-16(10-6-14)25(20,21)15-7-3-13(4-8-15)11-24(17,18)19/h3-10,12H,11H2,1-2H3,(H2,17,18,19). The lowest BCUT2D eigenvalue weighted by molar-refractivity contribution is -0.0383. The minimum absolute atomic E-state index is 0.0425. The summed E-state index contributed by atoms with van der Waals surface area (Å²) in [5.41, 5.74) is 0.365. The largest absolute Gasteiger partial charge is 0.465 e. The molecule has 0 saturated carbocycles. The number of ether oxygens (including phenoxy) is 2. The molecule has 0 aliphatic carbocycles. The molecule has 0 aliphatic heterocycles. The first kappa shape index (κ1) is 19.6. The number of hydrogen-bond acceptors (Lipinski definition) is 5. The van der Waals surface area contributed by atoms with Crippen LogP contribution in [0.25, 0.3) is 0 Å². The fourth-order valence-corrected chi connectivity index (χ4v) is 4.03. The zero-order valence-electron chi connectivity index (χ0n) is 13.7. The summed E-state index contributed by atoms with van der Waals surface area (Å²) >= 11 is 0. The van der Waals surface area contributed by atoms with Crippen molar-refractivity contribution in [1.82, 2.24) is 0 Å². The van der Waals surface area contributed by atoms with Gasteiger partial charge in [-0.2, -0.15) is 0 Å². The number of methoxy groups -OCH3 is 1. The van der Waals surface area contributed by atoms with E-state index >= 15 is 0 Å². The molecule has 2 rings (SSSR count). The van der Waals surface area contributed by atoms with Crippen LogP contribution in [0.1, 0.15) is 12.5 Å². The summed E-state index contributed by atoms with van der Waals surface area (Å²) < 4.78 is 46.6. The van der Waals surface area contributed by atoms with Crippen LogP contribution >= 0.6 is 7.60 Å². The van der Waals surface area contributed by atoms with E-state index in [1.807, 2.05) is 0 Å². The Balaban J connectivity index is 2.22. The molecule has 0 aromatic heterocycles. The third kappa shape index (κ3) is 5.39. The van der Waals surface area contributed by atoms with Crippen molar-refractivity contribution in [2.75, 3.05) is 7.11 Å². The molecule has 1 atom stereocenters. The van der Waals surface area contributed by atoms with Crippen molar-refractivity contribution in [3.63, 3.8) is 0 Å². The second-order valence-electron chi connectivity index (χ2n) is 5.36. The van der Waals surface area contributed by atoms with E-state index in [0.717, 1.165) is 0 Å². The van der Waals surface area contributed by atoms with Gasteiger partial charge >= 0.3 is 7.60 Å². The SMILES string of the molecule is COC(C)Oc1ccc(S(=O)(=O)c2ccc(CP(=O)(O)O)cc2)cc1. The van der Waals surface area contributed by atoms with Crippen molar-refractivity contribution in [1.29, 1.82) is 0 Å². The molecule has 0 heterocycles. The highest BCUT2D eigenvalue weighted by Crippen LogP contribution is 2.39. The van der Waals surface area contributed by atoms with Gasteiger partial charge in [0, 0.05) is 7.11 Å². The first-order valence-corrected chi connectivity index (χ1v) is 10.6. The fourth-order valence-electron chi connectivity index (χ4n) is 2.09. The molecular formula is C16H19O7PS. The van der Waals surface area contributed by atoms with E-state index in [4.69, 9.17) is 19.3 Å². The molecule has 9 heteroatoms. The highest BCUT2D eigenvalue weighted by Gasteiger charge is 2.19. The summed E-state index contributed by atoms with van der Waals surface area (Å²) in [5, 5.41) is 0. The van der Waals surface area contributed by atoms with Crippen molar-refractivity contribution in [2.24, 2.45) is 0 Å². The third-order valence-electron chi connectivity index (χ3n) is 3.39. The molecule has 25 heavy (non-hydrogen) atoms. The van der Waals surface area contributed by atoms with Gasteiger partial charge in [0.1, 0.15) is 5.75 Å². The summed E-state index contributed by atoms with van der Waals surface area (Å²) in [6.07, 6.45) is -0.888. The van der Waals surface area contributed by atoms with Gasteiger partial charge in [0.15, 0.2) is 6.29 Å². The molecule has 2 aromatic rings. The van der Waals surface area contributed by atoms with Crippen LogP contribution in [0.4, 0.5) is 0 Å². The first-order valence-electron chi connectivity index (χ1n) is 7.30. The van der Waals surface area contributed by atoms with E-state index in [0.29, 0.717) is 11.3 Å². The van der Waals surface area contributed by atoms with Crippen molar-refractivity contribution in [3.05, 3.63) is 54.1 Å². The van der Waals surface area contributed by atoms with Crippen molar-refractivity contribution >= 4 is 17.4 Å². The molecule has 0 bridgehead atoms. The van der Waals surface area contributed by atoms with E-state index in [2.05, 4.69) is 0 Å². The molecule has 7 nitrogen and oxygen atoms in total. The highest BCUT2D eigenvalue weighted by atomic mass is 32.2. The van der Waals surface area contributed by atoms with Crippen LogP contribution in [-0.2, 0) is 25.3 Å². The summed E-state index contributed by atoms with van der Waals surface area (Å²) in [6, 6.07) is 11.4. The van der Waals surface area contributed by atoms with E-state index in [9.17, 15) is 13.0 Å². The van der Waals surface area contributed by atoms with Crippen molar-refractivity contribution in [3.8, 4) is 5.75 Å². The highest BCUT2D eigenvalue weighted by molar-refractivity contribution is 7.91. The molecule has 0 spiro atoms. The predicted octanol–water partition coefficient (Wildman–Crippen LogP) is 2.57. The second kappa shape index (κ2) is 7.68. The number of rotatable bonds is 7. The number of sulfone groups is 1. The van der Waals surface area contributed by atoms with Gasteiger partial charge in [-0.05, 0) is 48.9 Å². The van der Waals surface area contributed by atoms with Gasteiger partial charge in [0.2, 0.25) is 9.84 Å². The molecule has 0 saturated heterocycles. The monoisotopic (exact) mass is 386 g/mol. The molecule has 2 aromatic carbocycles. The summed E-state index contributed by atoms with van der Waals surface area (Å²) in [7, 11) is -6.43. The van der Waals surface area contributed by atoms with Crippen LogP contribution in [-0.4, -0.2) is 31.6 Å². The summed E-state index contributed by atoms with van der Waals surface area (Å²) in [5.74, 6) is 0.477. The molecule has 0 radical (unpaired) electrons. The van der Waals surface area contributed by atoms with Crippen LogP contribution in [0.5, 0.6) is 5.75 Å². The Labute approximate surface area is 146 Å². The third-order valence-corrected chi connectivity index (χ3v) is 5.95. The van der Waals surface area contributed by atoms with Gasteiger partial charge in [-0.25, -0.2) is 8.42 Å². The lowest BCUT2D eigenvalue weighted by atomic mass is 10.2. The fraction of sp³-hybridized carbons (Fsp3) is 0.250. The Kier molecular flexibility index (Phi) is 6.03. The maximum absolute atomic E-state index is 12.6. The minimum Gasteiger partial charge on any atom is -0.465 e.